The first-order valence-electron chi connectivity index (χ1n) is 11.9. The molecule has 0 saturated heterocycles. The molecule has 7 heteroatoms. The van der Waals surface area contributed by atoms with Crippen molar-refractivity contribution in [3.8, 4) is 0 Å². The molecule has 2 aromatic carbocycles. The van der Waals surface area contributed by atoms with Crippen LogP contribution in [0.3, 0.4) is 0 Å². The standard InChI is InChI=1S/C27H33BrN2O4/c1-5-17-14-29(25(32)21-11-10-20(28)13-22(17)21)16-24(31)23-12-18-8-6-7-9-19(18)15-30(23)26(33)34-27(2,3)4/h6-11,13,17,23-24,31H,5,12,14-16H2,1-4H3/t17-,23-,24+/m0/s1. The molecule has 0 bridgehead atoms. The molecule has 0 fully saturated rings. The van der Waals surface area contributed by atoms with Gasteiger partial charge in [-0.25, -0.2) is 4.79 Å². The van der Waals surface area contributed by atoms with Crippen molar-refractivity contribution in [3.05, 3.63) is 69.2 Å². The number of carbonyl (C=O) groups excluding carboxylic acids is 2. The lowest BCUT2D eigenvalue weighted by Gasteiger charge is -2.42. The van der Waals surface area contributed by atoms with Crippen LogP contribution >= 0.6 is 15.9 Å². The molecule has 2 heterocycles. The van der Waals surface area contributed by atoms with Gasteiger partial charge < -0.3 is 14.7 Å². The molecule has 3 atom stereocenters. The average Bonchev–Trinajstić information content (AvgIpc) is 2.78. The Balaban J connectivity index is 1.58. The van der Waals surface area contributed by atoms with E-state index in [-0.39, 0.29) is 18.4 Å². The van der Waals surface area contributed by atoms with Crippen LogP contribution in [0.15, 0.2) is 46.9 Å². The van der Waals surface area contributed by atoms with Gasteiger partial charge >= 0.3 is 6.09 Å². The van der Waals surface area contributed by atoms with Crippen LogP contribution in [0.4, 0.5) is 4.79 Å². The van der Waals surface area contributed by atoms with Gasteiger partial charge in [0.05, 0.1) is 12.1 Å². The van der Waals surface area contributed by atoms with Crippen LogP contribution in [0.1, 0.15) is 67.1 Å². The van der Waals surface area contributed by atoms with Gasteiger partial charge in [0.25, 0.3) is 5.91 Å². The molecule has 0 aliphatic carbocycles. The Morgan fingerprint density at radius 3 is 2.59 bits per heavy atom. The van der Waals surface area contributed by atoms with Crippen molar-refractivity contribution in [1.82, 2.24) is 9.80 Å². The summed E-state index contributed by atoms with van der Waals surface area (Å²) >= 11 is 3.51. The van der Waals surface area contributed by atoms with E-state index in [0.717, 1.165) is 27.6 Å². The number of rotatable bonds is 4. The third-order valence-electron chi connectivity index (χ3n) is 6.67. The lowest BCUT2D eigenvalue weighted by atomic mass is 9.86. The molecule has 2 aromatic rings. The molecular weight excluding hydrogens is 496 g/mol. The van der Waals surface area contributed by atoms with Gasteiger partial charge in [-0.3, -0.25) is 9.69 Å². The van der Waals surface area contributed by atoms with Crippen LogP contribution in [-0.2, 0) is 17.7 Å². The molecular formula is C27H33BrN2O4. The van der Waals surface area contributed by atoms with E-state index in [0.29, 0.717) is 25.1 Å². The second kappa shape index (κ2) is 9.70. The first kappa shape index (κ1) is 24.7. The highest BCUT2D eigenvalue weighted by Gasteiger charge is 2.39. The van der Waals surface area contributed by atoms with Crippen molar-refractivity contribution >= 4 is 27.9 Å². The molecule has 0 saturated carbocycles. The third kappa shape index (κ3) is 5.15. The maximum absolute atomic E-state index is 13.3. The maximum Gasteiger partial charge on any atom is 0.410 e. The zero-order valence-corrected chi connectivity index (χ0v) is 21.8. The number of fused-ring (bicyclic) bond motifs is 2. The third-order valence-corrected chi connectivity index (χ3v) is 7.17. The van der Waals surface area contributed by atoms with Crippen LogP contribution < -0.4 is 0 Å². The molecule has 0 aromatic heterocycles. The predicted octanol–water partition coefficient (Wildman–Crippen LogP) is 5.12. The second-order valence-corrected chi connectivity index (χ2v) is 11.2. The fraction of sp³-hybridized carbons (Fsp3) is 0.481. The summed E-state index contributed by atoms with van der Waals surface area (Å²) in [7, 11) is 0. The first-order chi connectivity index (χ1) is 16.1. The van der Waals surface area contributed by atoms with Crippen molar-refractivity contribution in [3.63, 3.8) is 0 Å². The Morgan fingerprint density at radius 2 is 1.91 bits per heavy atom. The molecule has 2 amide bonds. The molecule has 182 valence electrons. The maximum atomic E-state index is 13.3. The smallest absolute Gasteiger partial charge is 0.410 e. The average molecular weight is 529 g/mol. The van der Waals surface area contributed by atoms with E-state index < -0.39 is 23.8 Å². The van der Waals surface area contributed by atoms with Crippen molar-refractivity contribution in [1.29, 1.82) is 0 Å². The number of amides is 2. The van der Waals surface area contributed by atoms with Crippen LogP contribution in [0.2, 0.25) is 0 Å². The predicted molar refractivity (Wildman–Crippen MR) is 135 cm³/mol. The number of benzene rings is 2. The number of aliphatic hydroxyl groups is 1. The number of nitrogens with zero attached hydrogens (tertiary/aromatic N) is 2. The minimum Gasteiger partial charge on any atom is -0.444 e. The Morgan fingerprint density at radius 1 is 1.21 bits per heavy atom. The molecule has 6 nitrogen and oxygen atoms in total. The summed E-state index contributed by atoms with van der Waals surface area (Å²) in [6.45, 7) is 8.70. The fourth-order valence-corrected chi connectivity index (χ4v) is 5.33. The van der Waals surface area contributed by atoms with E-state index in [2.05, 4.69) is 22.9 Å². The van der Waals surface area contributed by atoms with Crippen molar-refractivity contribution < 1.29 is 19.4 Å². The molecule has 1 N–H and O–H groups in total. The molecule has 0 spiro atoms. The molecule has 2 aliphatic rings. The normalized spacial score (nSPS) is 21.1. The molecule has 4 rings (SSSR count). The number of halogens is 1. The van der Waals surface area contributed by atoms with Gasteiger partial charge in [0, 0.05) is 35.6 Å². The molecule has 0 radical (unpaired) electrons. The van der Waals surface area contributed by atoms with Gasteiger partial charge in [-0.1, -0.05) is 47.1 Å². The number of β-amino-alcohol motifs (C(OH)–C–C–N with tert-alkyl or cyclic N) is 1. The zero-order chi connectivity index (χ0) is 24.6. The monoisotopic (exact) mass is 528 g/mol. The van der Waals surface area contributed by atoms with Crippen molar-refractivity contribution in [2.75, 3.05) is 13.1 Å². The molecule has 0 unspecified atom stereocenters. The van der Waals surface area contributed by atoms with Gasteiger partial charge in [-0.05, 0) is 68.5 Å². The van der Waals surface area contributed by atoms with E-state index in [9.17, 15) is 14.7 Å². The van der Waals surface area contributed by atoms with E-state index in [1.54, 1.807) is 9.80 Å². The quantitative estimate of drug-likeness (QED) is 0.597. The summed E-state index contributed by atoms with van der Waals surface area (Å²) in [5.74, 6) is 0.123. The molecule has 34 heavy (non-hydrogen) atoms. The highest BCUT2D eigenvalue weighted by Crippen LogP contribution is 2.34. The van der Waals surface area contributed by atoms with Gasteiger partial charge in [-0.15, -0.1) is 0 Å². The van der Waals surface area contributed by atoms with E-state index in [4.69, 9.17) is 4.74 Å². The van der Waals surface area contributed by atoms with Crippen LogP contribution in [0.5, 0.6) is 0 Å². The highest BCUT2D eigenvalue weighted by atomic mass is 79.9. The second-order valence-electron chi connectivity index (χ2n) is 10.3. The van der Waals surface area contributed by atoms with Crippen LogP contribution in [-0.4, -0.2) is 57.7 Å². The zero-order valence-electron chi connectivity index (χ0n) is 20.3. The van der Waals surface area contributed by atoms with Crippen LogP contribution in [0.25, 0.3) is 0 Å². The summed E-state index contributed by atoms with van der Waals surface area (Å²) < 4.78 is 6.62. The van der Waals surface area contributed by atoms with E-state index in [1.165, 1.54) is 0 Å². The highest BCUT2D eigenvalue weighted by molar-refractivity contribution is 9.10. The first-order valence-corrected chi connectivity index (χ1v) is 12.7. The van der Waals surface area contributed by atoms with E-state index >= 15 is 0 Å². The lowest BCUT2D eigenvalue weighted by Crippen LogP contribution is -2.55. The Bertz CT molecular complexity index is 1080. The Kier molecular flexibility index (Phi) is 7.06. The summed E-state index contributed by atoms with van der Waals surface area (Å²) in [6, 6.07) is 13.2. The summed E-state index contributed by atoms with van der Waals surface area (Å²) in [5, 5.41) is 11.4. The van der Waals surface area contributed by atoms with Crippen molar-refractivity contribution in [2.24, 2.45) is 0 Å². The minimum absolute atomic E-state index is 0.0775. The summed E-state index contributed by atoms with van der Waals surface area (Å²) in [6.07, 6.45) is 0.0563. The van der Waals surface area contributed by atoms with Gasteiger partial charge in [0.1, 0.15) is 5.60 Å². The summed E-state index contributed by atoms with van der Waals surface area (Å²) in [5.41, 5.74) is 3.26. The van der Waals surface area contributed by atoms with Gasteiger partial charge in [0.2, 0.25) is 0 Å². The van der Waals surface area contributed by atoms with Gasteiger partial charge in [0.15, 0.2) is 0 Å². The topological polar surface area (TPSA) is 70.1 Å². The van der Waals surface area contributed by atoms with E-state index in [1.807, 2.05) is 63.2 Å². The minimum atomic E-state index is -0.903. The Labute approximate surface area is 210 Å². The molecule has 2 aliphatic heterocycles. The lowest BCUT2D eigenvalue weighted by molar-refractivity contribution is -0.0185. The largest absolute Gasteiger partial charge is 0.444 e. The summed E-state index contributed by atoms with van der Waals surface area (Å²) in [4.78, 5) is 29.8. The fourth-order valence-electron chi connectivity index (χ4n) is 4.95. The van der Waals surface area contributed by atoms with Crippen molar-refractivity contribution in [2.45, 2.75) is 70.7 Å². The van der Waals surface area contributed by atoms with Crippen LogP contribution in [0, 0.1) is 0 Å². The number of carbonyl (C=O) groups is 2. The SMILES string of the molecule is CC[C@H]1CN(C[C@@H](O)[C@@H]2Cc3ccccc3CN2C(=O)OC(C)(C)C)C(=O)c2ccc(Br)cc21. The number of hydrogen-bond acceptors (Lipinski definition) is 4. The number of hydrogen-bond donors (Lipinski definition) is 1. The van der Waals surface area contributed by atoms with Gasteiger partial charge in [-0.2, -0.15) is 0 Å². The number of ether oxygens (including phenoxy) is 1. The number of aliphatic hydroxyl groups excluding tert-OH is 1. The Hall–Kier alpha value is -2.38.